The van der Waals surface area contributed by atoms with Gasteiger partial charge >= 0.3 is 0 Å². The van der Waals surface area contributed by atoms with E-state index in [0.29, 0.717) is 12.0 Å². The first-order chi connectivity index (χ1) is 13.0. The lowest BCUT2D eigenvalue weighted by Crippen LogP contribution is -2.03. The highest BCUT2D eigenvalue weighted by Crippen LogP contribution is 2.35. The molecule has 7 heteroatoms. The average molecular weight is 375 g/mol. The quantitative estimate of drug-likeness (QED) is 0.530. The Morgan fingerprint density at radius 2 is 2.11 bits per heavy atom. The molecule has 134 valence electrons. The van der Waals surface area contributed by atoms with Crippen LogP contribution in [0.4, 0.5) is 0 Å². The molecule has 4 rings (SSSR count). The summed E-state index contributed by atoms with van der Waals surface area (Å²) in [7, 11) is 0. The van der Waals surface area contributed by atoms with E-state index in [0.717, 1.165) is 43.4 Å². The predicted molar refractivity (Wildman–Crippen MR) is 106 cm³/mol. The van der Waals surface area contributed by atoms with E-state index >= 15 is 0 Å². The zero-order valence-corrected chi connectivity index (χ0v) is 15.8. The lowest BCUT2D eigenvalue weighted by atomic mass is 10.00. The third-order valence-corrected chi connectivity index (χ3v) is 5.14. The molecule has 1 aromatic carbocycles. The summed E-state index contributed by atoms with van der Waals surface area (Å²) in [6, 6.07) is 7.85. The number of Topliss-reactive ketones (excluding diaryl/α,β-unsaturated/α-hetero) is 1. The maximum atomic E-state index is 12.0. The second-order valence-corrected chi connectivity index (χ2v) is 7.54. The molecular formula is C20H17N5OS. The van der Waals surface area contributed by atoms with Crippen LogP contribution in [0.5, 0.6) is 0 Å². The summed E-state index contributed by atoms with van der Waals surface area (Å²) in [6.07, 6.45) is 3.75. The summed E-state index contributed by atoms with van der Waals surface area (Å²) in [5.41, 5.74) is 4.88. The van der Waals surface area contributed by atoms with Gasteiger partial charge in [-0.3, -0.25) is 4.79 Å². The van der Waals surface area contributed by atoms with Crippen LogP contribution in [0.3, 0.4) is 0 Å². The van der Waals surface area contributed by atoms with E-state index in [9.17, 15) is 4.79 Å². The number of H-pyrrole nitrogens is 1. The highest BCUT2D eigenvalue weighted by Gasteiger charge is 2.17. The lowest BCUT2D eigenvalue weighted by Gasteiger charge is -2.07. The van der Waals surface area contributed by atoms with Crippen LogP contribution < -0.4 is 0 Å². The Morgan fingerprint density at radius 3 is 2.85 bits per heavy atom. The van der Waals surface area contributed by atoms with Gasteiger partial charge in [0.05, 0.1) is 11.1 Å². The monoisotopic (exact) mass is 375 g/mol. The van der Waals surface area contributed by atoms with E-state index in [-0.39, 0.29) is 5.78 Å². The van der Waals surface area contributed by atoms with E-state index < -0.39 is 0 Å². The van der Waals surface area contributed by atoms with Crippen LogP contribution in [-0.4, -0.2) is 30.9 Å². The van der Waals surface area contributed by atoms with Gasteiger partial charge in [-0.15, -0.1) is 10.2 Å². The minimum atomic E-state index is 0.0339. The standard InChI is InChI=1S/C20H17N5OS/c1-11(2)16(26)8-13-5-4-6-14(7-13)18-17-15(20-25-24-12(3)27-20)9-21-19(17)23-10-22-18/h4-7,9-10H,1,8H2,2-3H3,(H,21,22,23). The van der Waals surface area contributed by atoms with Gasteiger partial charge in [-0.1, -0.05) is 36.1 Å². The van der Waals surface area contributed by atoms with Crippen molar-refractivity contribution in [1.29, 1.82) is 0 Å². The van der Waals surface area contributed by atoms with Crippen LogP contribution in [0.1, 0.15) is 17.5 Å². The van der Waals surface area contributed by atoms with Crippen molar-refractivity contribution >= 4 is 28.2 Å². The molecule has 0 saturated heterocycles. The molecular weight excluding hydrogens is 358 g/mol. The van der Waals surface area contributed by atoms with Crippen LogP contribution in [0.15, 0.2) is 48.9 Å². The summed E-state index contributed by atoms with van der Waals surface area (Å²) in [5.74, 6) is 0.0339. The molecule has 3 aromatic heterocycles. The lowest BCUT2D eigenvalue weighted by molar-refractivity contribution is -0.114. The SMILES string of the molecule is C=C(C)C(=O)Cc1cccc(-c2ncnc3[nH]cc(-c4nnc(C)s4)c23)c1. The number of ketones is 1. The fourth-order valence-corrected chi connectivity index (χ4v) is 3.63. The summed E-state index contributed by atoms with van der Waals surface area (Å²) >= 11 is 1.53. The molecule has 0 fully saturated rings. The van der Waals surface area contributed by atoms with Gasteiger partial charge in [0.2, 0.25) is 0 Å². The highest BCUT2D eigenvalue weighted by atomic mass is 32.1. The molecule has 0 spiro atoms. The molecule has 6 nitrogen and oxygen atoms in total. The number of rotatable bonds is 5. The fourth-order valence-electron chi connectivity index (χ4n) is 2.92. The number of carbonyl (C=O) groups is 1. The molecule has 0 atom stereocenters. The summed E-state index contributed by atoms with van der Waals surface area (Å²) < 4.78 is 0. The number of hydrogen-bond donors (Lipinski definition) is 1. The first-order valence-electron chi connectivity index (χ1n) is 8.43. The van der Waals surface area contributed by atoms with Gasteiger partial charge < -0.3 is 4.98 Å². The Hall–Kier alpha value is -3.19. The van der Waals surface area contributed by atoms with Crippen LogP contribution in [-0.2, 0) is 11.2 Å². The average Bonchev–Trinajstić information content (AvgIpc) is 3.27. The van der Waals surface area contributed by atoms with Crippen molar-refractivity contribution in [3.8, 4) is 21.8 Å². The summed E-state index contributed by atoms with van der Waals surface area (Å²) in [4.78, 5) is 24.1. The number of fused-ring (bicyclic) bond motifs is 1. The molecule has 0 bridgehead atoms. The van der Waals surface area contributed by atoms with Crippen LogP contribution in [0.25, 0.3) is 32.9 Å². The molecule has 0 aliphatic carbocycles. The Balaban J connectivity index is 1.84. The molecule has 0 radical (unpaired) electrons. The Labute approximate surface area is 160 Å². The summed E-state index contributed by atoms with van der Waals surface area (Å²) in [5, 5.41) is 11.0. The first kappa shape index (κ1) is 17.2. The normalized spacial score (nSPS) is 11.0. The third-order valence-electron chi connectivity index (χ3n) is 4.27. The Bertz CT molecular complexity index is 1170. The molecule has 0 aliphatic rings. The number of hydrogen-bond acceptors (Lipinski definition) is 6. The number of nitrogens with zero attached hydrogens (tertiary/aromatic N) is 4. The van der Waals surface area contributed by atoms with E-state index in [1.54, 1.807) is 6.92 Å². The second kappa shape index (κ2) is 6.85. The number of carbonyl (C=O) groups excluding carboxylic acids is 1. The van der Waals surface area contributed by atoms with Crippen molar-refractivity contribution in [2.24, 2.45) is 0 Å². The van der Waals surface area contributed by atoms with E-state index in [2.05, 4.69) is 31.7 Å². The number of aromatic amines is 1. The maximum Gasteiger partial charge on any atom is 0.162 e. The molecule has 0 aliphatic heterocycles. The van der Waals surface area contributed by atoms with Crippen molar-refractivity contribution in [2.45, 2.75) is 20.3 Å². The van der Waals surface area contributed by atoms with Crippen molar-refractivity contribution < 1.29 is 4.79 Å². The minimum absolute atomic E-state index is 0.0339. The second-order valence-electron chi connectivity index (χ2n) is 6.36. The highest BCUT2D eigenvalue weighted by molar-refractivity contribution is 7.14. The zero-order valence-electron chi connectivity index (χ0n) is 15.0. The van der Waals surface area contributed by atoms with Crippen LogP contribution >= 0.6 is 11.3 Å². The Morgan fingerprint density at radius 1 is 1.26 bits per heavy atom. The predicted octanol–water partition coefficient (Wildman–Crippen LogP) is 4.14. The van der Waals surface area contributed by atoms with Crippen LogP contribution in [0, 0.1) is 6.92 Å². The van der Waals surface area contributed by atoms with Gasteiger partial charge in [-0.05, 0) is 31.1 Å². The molecule has 0 unspecified atom stereocenters. The van der Waals surface area contributed by atoms with Crippen molar-refractivity contribution in [3.63, 3.8) is 0 Å². The number of allylic oxidation sites excluding steroid dienone is 1. The number of aromatic nitrogens is 5. The van der Waals surface area contributed by atoms with E-state index in [4.69, 9.17) is 0 Å². The summed E-state index contributed by atoms with van der Waals surface area (Å²) in [6.45, 7) is 7.39. The molecule has 4 aromatic rings. The topological polar surface area (TPSA) is 84.4 Å². The maximum absolute atomic E-state index is 12.0. The molecule has 0 saturated carbocycles. The number of aryl methyl sites for hydroxylation is 1. The van der Waals surface area contributed by atoms with Gasteiger partial charge in [0.15, 0.2) is 5.78 Å². The molecule has 1 N–H and O–H groups in total. The van der Waals surface area contributed by atoms with Gasteiger partial charge in [0.25, 0.3) is 0 Å². The van der Waals surface area contributed by atoms with Gasteiger partial charge in [-0.2, -0.15) is 0 Å². The van der Waals surface area contributed by atoms with Crippen molar-refractivity contribution in [1.82, 2.24) is 25.1 Å². The molecule has 0 amide bonds. The Kier molecular flexibility index (Phi) is 4.37. The fraction of sp³-hybridized carbons (Fsp3) is 0.150. The van der Waals surface area contributed by atoms with E-state index in [1.165, 1.54) is 17.7 Å². The van der Waals surface area contributed by atoms with Gasteiger partial charge in [0.1, 0.15) is 22.0 Å². The third kappa shape index (κ3) is 3.29. The zero-order chi connectivity index (χ0) is 19.0. The molecule has 27 heavy (non-hydrogen) atoms. The van der Waals surface area contributed by atoms with Gasteiger partial charge in [0, 0.05) is 23.7 Å². The largest absolute Gasteiger partial charge is 0.345 e. The number of nitrogens with one attached hydrogen (secondary N) is 1. The molecule has 3 heterocycles. The first-order valence-corrected chi connectivity index (χ1v) is 9.25. The van der Waals surface area contributed by atoms with Gasteiger partial charge in [-0.25, -0.2) is 9.97 Å². The van der Waals surface area contributed by atoms with Crippen molar-refractivity contribution in [3.05, 3.63) is 59.5 Å². The van der Waals surface area contributed by atoms with Crippen LogP contribution in [0.2, 0.25) is 0 Å². The van der Waals surface area contributed by atoms with E-state index in [1.807, 2.05) is 37.4 Å². The number of benzene rings is 1. The minimum Gasteiger partial charge on any atom is -0.345 e. The smallest absolute Gasteiger partial charge is 0.162 e. The van der Waals surface area contributed by atoms with Crippen molar-refractivity contribution in [2.75, 3.05) is 0 Å².